The monoisotopic (exact) mass is 473 g/mol. The molecule has 3 aromatic carbocycles. The van der Waals surface area contributed by atoms with E-state index in [1.807, 2.05) is 18.2 Å². The summed E-state index contributed by atoms with van der Waals surface area (Å²) in [6, 6.07) is 17.5. The van der Waals surface area contributed by atoms with Crippen molar-refractivity contribution >= 4 is 22.6 Å². The van der Waals surface area contributed by atoms with Gasteiger partial charge in [0.25, 0.3) is 0 Å². The molecule has 35 heavy (non-hydrogen) atoms. The summed E-state index contributed by atoms with van der Waals surface area (Å²) in [6.07, 6.45) is 2.20. The van der Waals surface area contributed by atoms with E-state index < -0.39 is 5.97 Å². The van der Waals surface area contributed by atoms with E-state index in [1.165, 1.54) is 13.4 Å². The van der Waals surface area contributed by atoms with Crippen LogP contribution in [-0.2, 0) is 6.42 Å². The predicted molar refractivity (Wildman–Crippen MR) is 135 cm³/mol. The number of nitrogens with zero attached hydrogens (tertiary/aromatic N) is 2. The molecule has 0 saturated heterocycles. The quantitative estimate of drug-likeness (QED) is 0.329. The highest BCUT2D eigenvalue weighted by atomic mass is 16.5. The molecule has 8 nitrogen and oxygen atoms in total. The van der Waals surface area contributed by atoms with Crippen LogP contribution in [0.1, 0.15) is 22.8 Å². The van der Waals surface area contributed by atoms with Crippen molar-refractivity contribution in [2.45, 2.75) is 13.3 Å². The zero-order chi connectivity index (χ0) is 24.8. The number of ether oxygens (including phenoxy) is 3. The fraction of sp³-hybridized carbons (Fsp3) is 0.222. The van der Waals surface area contributed by atoms with Crippen LogP contribution in [0.15, 0.2) is 60.9 Å². The van der Waals surface area contributed by atoms with Gasteiger partial charge in [-0.25, -0.2) is 14.8 Å². The molecule has 4 aromatic rings. The van der Waals surface area contributed by atoms with Gasteiger partial charge in [0.15, 0.2) is 0 Å². The number of anilines is 1. The van der Waals surface area contributed by atoms with Crippen molar-refractivity contribution in [2.24, 2.45) is 0 Å². The Balaban J connectivity index is 1.55. The van der Waals surface area contributed by atoms with Gasteiger partial charge in [-0.3, -0.25) is 0 Å². The second-order valence-electron chi connectivity index (χ2n) is 7.77. The number of aromatic carboxylic acids is 1. The number of nitrogens with one attached hydrogen (secondary N) is 1. The van der Waals surface area contributed by atoms with E-state index in [-0.39, 0.29) is 17.1 Å². The van der Waals surface area contributed by atoms with Gasteiger partial charge in [-0.05, 0) is 53.9 Å². The summed E-state index contributed by atoms with van der Waals surface area (Å²) in [5, 5.41) is 15.2. The summed E-state index contributed by atoms with van der Waals surface area (Å²) in [5.74, 6) is 0.809. The van der Waals surface area contributed by atoms with Gasteiger partial charge in [0, 0.05) is 18.2 Å². The number of aromatic nitrogens is 2. The minimum absolute atomic E-state index is 0.0187. The van der Waals surface area contributed by atoms with Gasteiger partial charge in [-0.1, -0.05) is 24.3 Å². The van der Waals surface area contributed by atoms with Crippen molar-refractivity contribution in [1.82, 2.24) is 9.97 Å². The summed E-state index contributed by atoms with van der Waals surface area (Å²) in [4.78, 5) is 20.4. The van der Waals surface area contributed by atoms with E-state index in [1.54, 1.807) is 26.2 Å². The molecule has 0 fully saturated rings. The summed E-state index contributed by atoms with van der Waals surface area (Å²) >= 11 is 0. The van der Waals surface area contributed by atoms with Crippen LogP contribution in [0.4, 0.5) is 5.82 Å². The van der Waals surface area contributed by atoms with E-state index >= 15 is 0 Å². The number of hydrogen-bond acceptors (Lipinski definition) is 7. The van der Waals surface area contributed by atoms with Crippen LogP contribution >= 0.6 is 0 Å². The van der Waals surface area contributed by atoms with Crippen molar-refractivity contribution in [2.75, 3.05) is 32.7 Å². The molecule has 180 valence electrons. The van der Waals surface area contributed by atoms with Crippen LogP contribution in [0.5, 0.6) is 17.2 Å². The van der Waals surface area contributed by atoms with Crippen LogP contribution in [0.3, 0.4) is 0 Å². The molecule has 1 aromatic heterocycles. The molecule has 0 aliphatic heterocycles. The molecule has 4 rings (SSSR count). The number of carboxylic acids is 1. The number of rotatable bonds is 10. The number of hydrogen-bond donors (Lipinski definition) is 2. The first-order valence-corrected chi connectivity index (χ1v) is 11.2. The first-order chi connectivity index (χ1) is 17.0. The third kappa shape index (κ3) is 5.27. The van der Waals surface area contributed by atoms with Gasteiger partial charge in [0.2, 0.25) is 0 Å². The molecule has 0 amide bonds. The van der Waals surface area contributed by atoms with Crippen molar-refractivity contribution < 1.29 is 24.1 Å². The van der Waals surface area contributed by atoms with Crippen LogP contribution in [-0.4, -0.2) is 48.4 Å². The Kier molecular flexibility index (Phi) is 7.30. The number of methoxy groups -OCH3 is 2. The van der Waals surface area contributed by atoms with Gasteiger partial charge in [0.05, 0.1) is 26.5 Å². The second-order valence-corrected chi connectivity index (χ2v) is 7.77. The maximum Gasteiger partial charge on any atom is 0.343 e. The Morgan fingerprint density at radius 3 is 2.34 bits per heavy atom. The normalized spacial score (nSPS) is 10.7. The summed E-state index contributed by atoms with van der Waals surface area (Å²) in [5.41, 5.74) is 2.36. The lowest BCUT2D eigenvalue weighted by molar-refractivity contribution is 0.0688. The van der Waals surface area contributed by atoms with Gasteiger partial charge < -0.3 is 24.6 Å². The molecule has 0 saturated carbocycles. The molecular weight excluding hydrogens is 446 g/mol. The number of benzene rings is 3. The molecule has 8 heteroatoms. The lowest BCUT2D eigenvalue weighted by Crippen LogP contribution is -2.08. The van der Waals surface area contributed by atoms with E-state index in [2.05, 4.69) is 39.6 Å². The molecule has 0 radical (unpaired) electrons. The minimum atomic E-state index is -1.12. The molecule has 0 atom stereocenters. The maximum atomic E-state index is 11.7. The van der Waals surface area contributed by atoms with Gasteiger partial charge >= 0.3 is 5.97 Å². The maximum absolute atomic E-state index is 11.7. The first kappa shape index (κ1) is 23.8. The fourth-order valence-corrected chi connectivity index (χ4v) is 3.97. The molecular formula is C27H27N3O5. The molecule has 1 heterocycles. The highest BCUT2D eigenvalue weighted by Gasteiger charge is 2.20. The van der Waals surface area contributed by atoms with Crippen LogP contribution < -0.4 is 19.5 Å². The Morgan fingerprint density at radius 1 is 0.943 bits per heavy atom. The highest BCUT2D eigenvalue weighted by molar-refractivity contribution is 5.95. The lowest BCUT2D eigenvalue weighted by atomic mass is 10.0. The topological polar surface area (TPSA) is 103 Å². The average Bonchev–Trinajstić information content (AvgIpc) is 2.88. The Bertz CT molecular complexity index is 1360. The van der Waals surface area contributed by atoms with E-state index in [9.17, 15) is 9.90 Å². The van der Waals surface area contributed by atoms with E-state index in [0.717, 1.165) is 28.5 Å². The van der Waals surface area contributed by atoms with Gasteiger partial charge in [-0.15, -0.1) is 0 Å². The first-order valence-electron chi connectivity index (χ1n) is 11.2. The molecule has 0 unspecified atom stereocenters. The highest BCUT2D eigenvalue weighted by Crippen LogP contribution is 2.35. The smallest absolute Gasteiger partial charge is 0.343 e. The zero-order valence-electron chi connectivity index (χ0n) is 19.9. The molecule has 2 N–H and O–H groups in total. The third-order valence-corrected chi connectivity index (χ3v) is 5.61. The van der Waals surface area contributed by atoms with Crippen LogP contribution in [0.2, 0.25) is 0 Å². The second kappa shape index (κ2) is 10.7. The molecule has 0 aliphatic carbocycles. The molecule has 0 bridgehead atoms. The summed E-state index contributed by atoms with van der Waals surface area (Å²) < 4.78 is 16.5. The molecule has 0 spiro atoms. The lowest BCUT2D eigenvalue weighted by Gasteiger charge is -2.14. The average molecular weight is 474 g/mol. The van der Waals surface area contributed by atoms with E-state index in [0.29, 0.717) is 30.2 Å². The SMILES string of the molecule is CCOc1cc(-c2cc(NCCc3cc4ccccc4cc3OC)ncn2)cc(OC)c1C(=O)O. The number of carboxylic acid groups (broad SMARTS) is 1. The predicted octanol–water partition coefficient (Wildman–Crippen LogP) is 5.07. The van der Waals surface area contributed by atoms with Gasteiger partial charge in [-0.2, -0.15) is 0 Å². The fourth-order valence-electron chi connectivity index (χ4n) is 3.97. The van der Waals surface area contributed by atoms with Gasteiger partial charge in [0.1, 0.15) is 35.0 Å². The third-order valence-electron chi connectivity index (χ3n) is 5.61. The summed E-state index contributed by atoms with van der Waals surface area (Å²) in [6.45, 7) is 2.75. The van der Waals surface area contributed by atoms with Crippen molar-refractivity contribution in [3.8, 4) is 28.5 Å². The van der Waals surface area contributed by atoms with Crippen molar-refractivity contribution in [3.63, 3.8) is 0 Å². The summed E-state index contributed by atoms with van der Waals surface area (Å²) in [7, 11) is 3.10. The largest absolute Gasteiger partial charge is 0.496 e. The zero-order valence-corrected chi connectivity index (χ0v) is 19.9. The molecule has 0 aliphatic rings. The Hall–Kier alpha value is -4.33. The number of carbonyl (C=O) groups is 1. The minimum Gasteiger partial charge on any atom is -0.496 e. The van der Waals surface area contributed by atoms with E-state index in [4.69, 9.17) is 14.2 Å². The van der Waals surface area contributed by atoms with Crippen molar-refractivity contribution in [3.05, 3.63) is 72.1 Å². The number of fused-ring (bicyclic) bond motifs is 1. The Morgan fingerprint density at radius 2 is 1.66 bits per heavy atom. The standard InChI is InChI=1S/C27H27N3O5/c1-4-35-24-14-20(13-23(34-3)26(24)27(31)32)21-15-25(30-16-29-21)28-10-9-19-11-17-7-5-6-8-18(17)12-22(19)33-2/h5-8,11-16H,4,9-10H2,1-3H3,(H,31,32)(H,28,29,30). The Labute approximate surface area is 203 Å². The van der Waals surface area contributed by atoms with Crippen molar-refractivity contribution in [1.29, 1.82) is 0 Å². The van der Waals surface area contributed by atoms with Crippen LogP contribution in [0.25, 0.3) is 22.0 Å². The van der Waals surface area contributed by atoms with Crippen LogP contribution in [0, 0.1) is 0 Å².